The molecule has 0 saturated carbocycles. The molecule has 0 aliphatic heterocycles. The van der Waals surface area contributed by atoms with E-state index >= 15 is 4.39 Å². The van der Waals surface area contributed by atoms with Gasteiger partial charge in [-0.15, -0.1) is 0 Å². The summed E-state index contributed by atoms with van der Waals surface area (Å²) in [4.78, 5) is 19.2. The molecule has 0 radical (unpaired) electrons. The number of aromatic nitrogens is 1. The minimum Gasteiger partial charge on any atom is -0.454 e. The van der Waals surface area contributed by atoms with E-state index in [4.69, 9.17) is 15.0 Å². The number of carbonyl (C=O) groups is 1. The van der Waals surface area contributed by atoms with E-state index in [2.05, 4.69) is 20.3 Å². The number of hydrogen-bond donors (Lipinski definition) is 1. The second-order valence-electron chi connectivity index (χ2n) is 7.73. The summed E-state index contributed by atoms with van der Waals surface area (Å²) in [5.74, 6) is -0.488. The number of para-hydroxylation sites is 1. The summed E-state index contributed by atoms with van der Waals surface area (Å²) in [6.45, 7) is 5.12. The summed E-state index contributed by atoms with van der Waals surface area (Å²) in [6.07, 6.45) is 0.762. The third-order valence-corrected chi connectivity index (χ3v) is 4.16. The van der Waals surface area contributed by atoms with Gasteiger partial charge in [-0.1, -0.05) is 29.4 Å². The highest BCUT2D eigenvalue weighted by Crippen LogP contribution is 2.40. The first-order chi connectivity index (χ1) is 15.3. The number of pyridine rings is 1. The van der Waals surface area contributed by atoms with E-state index in [-0.39, 0.29) is 18.0 Å². The Morgan fingerprint density at radius 1 is 1.12 bits per heavy atom. The average molecular weight is 435 g/mol. The molecule has 164 valence electrons. The Bertz CT molecular complexity index is 1160. The first kappa shape index (κ1) is 22.6. The van der Waals surface area contributed by atoms with Crippen LogP contribution >= 0.6 is 0 Å². The molecule has 3 aromatic rings. The van der Waals surface area contributed by atoms with Crippen LogP contribution in [0.5, 0.6) is 11.5 Å². The second-order valence-corrected chi connectivity index (χ2v) is 7.73. The summed E-state index contributed by atoms with van der Waals surface area (Å²) in [5.41, 5.74) is 9.21. The molecule has 1 amide bonds. The topological polar surface area (TPSA) is 109 Å². The molecule has 3 rings (SSSR count). The molecule has 9 heteroatoms. The van der Waals surface area contributed by atoms with Crippen LogP contribution in [0.2, 0.25) is 0 Å². The lowest BCUT2D eigenvalue weighted by atomic mass is 10.0. The fourth-order valence-corrected chi connectivity index (χ4v) is 2.89. The quantitative estimate of drug-likeness (QED) is 0.260. The lowest BCUT2D eigenvalue weighted by molar-refractivity contribution is 0.0635. The number of benzene rings is 2. The number of nitrogens with zero attached hydrogens (tertiary/aromatic N) is 4. The van der Waals surface area contributed by atoms with Gasteiger partial charge in [0.15, 0.2) is 11.6 Å². The number of hydrogen-bond acceptors (Lipinski definition) is 5. The minimum absolute atomic E-state index is 0.0169. The van der Waals surface area contributed by atoms with Gasteiger partial charge >= 0.3 is 6.09 Å². The minimum atomic E-state index is -0.791. The molecule has 0 atom stereocenters. The average Bonchev–Trinajstić information content (AvgIpc) is 2.75. The van der Waals surface area contributed by atoms with Gasteiger partial charge in [-0.3, -0.25) is 10.3 Å². The van der Waals surface area contributed by atoms with Gasteiger partial charge in [-0.05, 0) is 56.6 Å². The van der Waals surface area contributed by atoms with Crippen molar-refractivity contribution < 1.29 is 18.7 Å². The Hall–Kier alpha value is -4.10. The smallest absolute Gasteiger partial charge is 0.412 e. The number of amides is 1. The van der Waals surface area contributed by atoms with E-state index in [1.807, 2.05) is 6.07 Å². The molecule has 0 saturated heterocycles. The van der Waals surface area contributed by atoms with Gasteiger partial charge in [-0.25, -0.2) is 9.18 Å². The Morgan fingerprint density at radius 3 is 2.56 bits per heavy atom. The molecule has 0 unspecified atom stereocenters. The summed E-state index contributed by atoms with van der Waals surface area (Å²) < 4.78 is 26.7. The van der Waals surface area contributed by atoms with Crippen LogP contribution in [0.1, 0.15) is 26.5 Å². The Morgan fingerprint density at radius 2 is 1.88 bits per heavy atom. The SMILES string of the molecule is CC(C)(C)OC(=O)Nc1ccc(-c2cccnc2CN=[N+]=[N-])c(Oc2ccccc2)c1F. The van der Waals surface area contributed by atoms with Crippen molar-refractivity contribution in [3.05, 3.63) is 82.7 Å². The lowest BCUT2D eigenvalue weighted by Crippen LogP contribution is -2.27. The van der Waals surface area contributed by atoms with Gasteiger partial charge in [-0.2, -0.15) is 0 Å². The molecular formula is C23H22FN5O3. The highest BCUT2D eigenvalue weighted by Gasteiger charge is 2.22. The Kier molecular flexibility index (Phi) is 6.92. The van der Waals surface area contributed by atoms with Gasteiger partial charge in [0.25, 0.3) is 0 Å². The van der Waals surface area contributed by atoms with Crippen molar-refractivity contribution in [2.75, 3.05) is 5.32 Å². The van der Waals surface area contributed by atoms with Crippen molar-refractivity contribution in [2.24, 2.45) is 5.11 Å². The monoisotopic (exact) mass is 435 g/mol. The molecule has 0 aliphatic carbocycles. The highest BCUT2D eigenvalue weighted by molar-refractivity contribution is 5.87. The van der Waals surface area contributed by atoms with Gasteiger partial charge in [0.05, 0.1) is 17.9 Å². The van der Waals surface area contributed by atoms with Crippen LogP contribution in [0, 0.1) is 5.82 Å². The van der Waals surface area contributed by atoms with Crippen LogP contribution in [-0.2, 0) is 11.3 Å². The third kappa shape index (κ3) is 5.74. The summed E-state index contributed by atoms with van der Waals surface area (Å²) in [7, 11) is 0. The number of rotatable bonds is 6. The standard InChI is InChI=1S/C23H22FN5O3/c1-23(2,3)32-22(30)28-18-12-11-17(16-10-7-13-26-19(16)14-27-29-25)21(20(18)24)31-15-8-5-4-6-9-15/h4-13H,14H2,1-3H3,(H,28,30). The Labute approximate surface area is 184 Å². The van der Waals surface area contributed by atoms with E-state index in [0.717, 1.165) is 0 Å². The van der Waals surface area contributed by atoms with Crippen molar-refractivity contribution in [2.45, 2.75) is 32.9 Å². The normalized spacial score (nSPS) is 10.8. The molecular weight excluding hydrogens is 413 g/mol. The number of anilines is 1. The number of halogens is 1. The molecule has 32 heavy (non-hydrogen) atoms. The maximum absolute atomic E-state index is 15.6. The Balaban J connectivity index is 2.09. The molecule has 8 nitrogen and oxygen atoms in total. The number of carbonyl (C=O) groups excluding carboxylic acids is 1. The zero-order valence-corrected chi connectivity index (χ0v) is 17.9. The number of ether oxygens (including phenoxy) is 2. The second kappa shape index (κ2) is 9.80. The molecule has 1 N–H and O–H groups in total. The summed E-state index contributed by atoms with van der Waals surface area (Å²) >= 11 is 0. The van der Waals surface area contributed by atoms with E-state index in [1.54, 1.807) is 69.4 Å². The van der Waals surface area contributed by atoms with E-state index in [9.17, 15) is 4.79 Å². The van der Waals surface area contributed by atoms with E-state index in [0.29, 0.717) is 22.6 Å². The van der Waals surface area contributed by atoms with Gasteiger partial charge in [0.2, 0.25) is 0 Å². The predicted octanol–water partition coefficient (Wildman–Crippen LogP) is 6.84. The van der Waals surface area contributed by atoms with Crippen LogP contribution < -0.4 is 10.1 Å². The first-order valence-corrected chi connectivity index (χ1v) is 9.79. The van der Waals surface area contributed by atoms with Crippen LogP contribution in [-0.4, -0.2) is 16.7 Å². The molecule has 1 aromatic heterocycles. The fourth-order valence-electron chi connectivity index (χ4n) is 2.89. The molecule has 0 fully saturated rings. The van der Waals surface area contributed by atoms with Crippen molar-refractivity contribution in [1.29, 1.82) is 0 Å². The largest absolute Gasteiger partial charge is 0.454 e. The maximum atomic E-state index is 15.6. The molecule has 0 spiro atoms. The zero-order chi connectivity index (χ0) is 23.1. The first-order valence-electron chi connectivity index (χ1n) is 9.79. The molecule has 2 aromatic carbocycles. The van der Waals surface area contributed by atoms with Crippen LogP contribution in [0.3, 0.4) is 0 Å². The van der Waals surface area contributed by atoms with E-state index in [1.165, 1.54) is 6.07 Å². The van der Waals surface area contributed by atoms with Crippen LogP contribution in [0.4, 0.5) is 14.9 Å². The third-order valence-electron chi connectivity index (χ3n) is 4.16. The lowest BCUT2D eigenvalue weighted by Gasteiger charge is -2.21. The number of azide groups is 1. The fraction of sp³-hybridized carbons (Fsp3) is 0.217. The molecule has 0 bridgehead atoms. The molecule has 1 heterocycles. The maximum Gasteiger partial charge on any atom is 0.412 e. The molecule has 0 aliphatic rings. The predicted molar refractivity (Wildman–Crippen MR) is 119 cm³/mol. The van der Waals surface area contributed by atoms with Gasteiger partial charge in [0, 0.05) is 22.2 Å². The van der Waals surface area contributed by atoms with Gasteiger partial charge in [0.1, 0.15) is 11.4 Å². The van der Waals surface area contributed by atoms with E-state index < -0.39 is 17.5 Å². The van der Waals surface area contributed by atoms with Crippen molar-refractivity contribution in [3.8, 4) is 22.6 Å². The zero-order valence-electron chi connectivity index (χ0n) is 17.9. The van der Waals surface area contributed by atoms with Crippen molar-refractivity contribution in [1.82, 2.24) is 4.98 Å². The highest BCUT2D eigenvalue weighted by atomic mass is 19.1. The van der Waals surface area contributed by atoms with Gasteiger partial charge < -0.3 is 9.47 Å². The summed E-state index contributed by atoms with van der Waals surface area (Å²) in [6, 6.07) is 15.1. The van der Waals surface area contributed by atoms with Crippen LogP contribution in [0.25, 0.3) is 21.6 Å². The van der Waals surface area contributed by atoms with Crippen molar-refractivity contribution >= 4 is 11.8 Å². The summed E-state index contributed by atoms with van der Waals surface area (Å²) in [5, 5.41) is 5.99. The van der Waals surface area contributed by atoms with Crippen LogP contribution in [0.15, 0.2) is 65.9 Å². The van der Waals surface area contributed by atoms with Crippen molar-refractivity contribution in [3.63, 3.8) is 0 Å². The number of nitrogens with one attached hydrogen (secondary N) is 1.